The number of fused-ring (bicyclic) bond motifs is 3. The molecule has 3 nitrogen and oxygen atoms in total. The van der Waals surface area contributed by atoms with E-state index in [1.54, 1.807) is 6.07 Å². The van der Waals surface area contributed by atoms with Crippen molar-refractivity contribution in [3.63, 3.8) is 0 Å². The Morgan fingerprint density at radius 3 is 2.47 bits per heavy atom. The van der Waals surface area contributed by atoms with Gasteiger partial charge in [-0.15, -0.1) is 0 Å². The van der Waals surface area contributed by atoms with Gasteiger partial charge in [-0.25, -0.2) is 0 Å². The molecular formula is C13H10ClLiO3S. The molecule has 0 aliphatic heterocycles. The zero-order chi connectivity index (χ0) is 12.9. The molecule has 0 unspecified atom stereocenters. The molecule has 1 aliphatic carbocycles. The summed E-state index contributed by atoms with van der Waals surface area (Å²) in [5, 5.41) is 0.0593. The molecule has 0 spiro atoms. The smallest absolute Gasteiger partial charge is 1.00 e. The Morgan fingerprint density at radius 1 is 1.11 bits per heavy atom. The molecule has 3 rings (SSSR count). The Balaban J connectivity index is 0.000001000. The fourth-order valence-electron chi connectivity index (χ4n) is 2.43. The van der Waals surface area contributed by atoms with Crippen LogP contribution in [0.25, 0.3) is 11.1 Å². The summed E-state index contributed by atoms with van der Waals surface area (Å²) < 4.78 is 32.2. The van der Waals surface area contributed by atoms with Crippen LogP contribution in [0.3, 0.4) is 0 Å². The van der Waals surface area contributed by atoms with Gasteiger partial charge in [0.15, 0.2) is 0 Å². The van der Waals surface area contributed by atoms with Crippen molar-refractivity contribution in [3.8, 4) is 11.1 Å². The number of benzene rings is 2. The summed E-state index contributed by atoms with van der Waals surface area (Å²) in [5.74, 6) is 0. The van der Waals surface area contributed by atoms with E-state index in [-0.39, 0.29) is 30.2 Å². The maximum atomic E-state index is 11.4. The minimum absolute atomic E-state index is 0. The van der Waals surface area contributed by atoms with Gasteiger partial charge in [-0.1, -0.05) is 41.9 Å². The molecule has 19 heavy (non-hydrogen) atoms. The quantitative estimate of drug-likeness (QED) is 0.517. The molecule has 0 atom stereocenters. The van der Waals surface area contributed by atoms with Gasteiger partial charge in [0.25, 0.3) is 10.1 Å². The van der Waals surface area contributed by atoms with Gasteiger partial charge < -0.3 is 1.43 Å². The van der Waals surface area contributed by atoms with E-state index in [1.807, 2.05) is 24.3 Å². The number of hydrogen-bond acceptors (Lipinski definition) is 2. The van der Waals surface area contributed by atoms with Crippen molar-refractivity contribution < 1.29 is 33.3 Å². The van der Waals surface area contributed by atoms with E-state index in [4.69, 9.17) is 11.6 Å². The first-order chi connectivity index (χ1) is 8.48. The number of rotatable bonds is 1. The maximum Gasteiger partial charge on any atom is 1.00 e. The third kappa shape index (κ3) is 2.35. The van der Waals surface area contributed by atoms with Crippen molar-refractivity contribution in [2.75, 3.05) is 0 Å². The Morgan fingerprint density at radius 2 is 1.79 bits per heavy atom. The third-order valence-corrected chi connectivity index (χ3v) is 4.55. The largest absolute Gasteiger partial charge is 1.00 e. The van der Waals surface area contributed by atoms with Gasteiger partial charge in [0.1, 0.15) is 4.90 Å². The van der Waals surface area contributed by atoms with Gasteiger partial charge >= 0.3 is 18.9 Å². The zero-order valence-corrected chi connectivity index (χ0v) is 11.8. The van der Waals surface area contributed by atoms with Gasteiger partial charge in [-0.3, -0.25) is 4.55 Å². The van der Waals surface area contributed by atoms with E-state index in [1.165, 1.54) is 6.07 Å². The van der Waals surface area contributed by atoms with Crippen LogP contribution in [0.4, 0.5) is 0 Å². The number of halogens is 1. The van der Waals surface area contributed by atoms with E-state index < -0.39 is 10.1 Å². The van der Waals surface area contributed by atoms with Gasteiger partial charge in [0.05, 0.1) is 5.02 Å². The average Bonchev–Trinajstić information content (AvgIpc) is 2.64. The molecule has 0 amide bonds. The van der Waals surface area contributed by atoms with Crippen LogP contribution in [0, 0.1) is 0 Å². The molecule has 0 saturated carbocycles. The Kier molecular flexibility index (Phi) is 3.83. The van der Waals surface area contributed by atoms with Gasteiger partial charge in [0, 0.05) is 6.42 Å². The summed E-state index contributed by atoms with van der Waals surface area (Å²) >= 11 is 5.90. The molecule has 2 aromatic carbocycles. The second kappa shape index (κ2) is 4.97. The molecular weight excluding hydrogens is 279 g/mol. The third-order valence-electron chi connectivity index (χ3n) is 3.15. The summed E-state index contributed by atoms with van der Waals surface area (Å²) in [7, 11) is -4.31. The van der Waals surface area contributed by atoms with E-state index in [0.29, 0.717) is 12.0 Å². The Hall–Kier alpha value is -0.763. The van der Waals surface area contributed by atoms with Crippen molar-refractivity contribution >= 4 is 21.7 Å². The van der Waals surface area contributed by atoms with Crippen molar-refractivity contribution in [1.82, 2.24) is 0 Å². The standard InChI is InChI=1S/C13H9ClO3S.Li.H/c14-12-6-5-10-9-4-2-1-3-8(9)7-11(10)13(12)18(15,16)17;;/h1-6H,7H2,(H,15,16,17);;/q;+1;-1. The van der Waals surface area contributed by atoms with Crippen LogP contribution in [-0.2, 0) is 16.5 Å². The second-order valence-corrected chi connectivity index (χ2v) is 5.98. The maximum absolute atomic E-state index is 11.4. The van der Waals surface area contributed by atoms with Crippen LogP contribution in [0.1, 0.15) is 12.6 Å². The predicted octanol–water partition coefficient (Wildman–Crippen LogP) is 0.274. The molecule has 0 heterocycles. The van der Waals surface area contributed by atoms with Crippen LogP contribution in [-0.4, -0.2) is 13.0 Å². The van der Waals surface area contributed by atoms with Gasteiger partial charge in [0.2, 0.25) is 0 Å². The number of hydrogen-bond donors (Lipinski definition) is 1. The van der Waals surface area contributed by atoms with E-state index in [9.17, 15) is 13.0 Å². The van der Waals surface area contributed by atoms with E-state index >= 15 is 0 Å². The molecule has 2 aromatic rings. The average molecular weight is 289 g/mol. The fraction of sp³-hybridized carbons (Fsp3) is 0.0769. The predicted molar refractivity (Wildman–Crippen MR) is 70.6 cm³/mol. The molecule has 6 heteroatoms. The van der Waals surface area contributed by atoms with Crippen LogP contribution >= 0.6 is 11.6 Å². The van der Waals surface area contributed by atoms with Gasteiger partial charge in [-0.05, 0) is 28.3 Å². The van der Waals surface area contributed by atoms with Crippen molar-refractivity contribution in [1.29, 1.82) is 0 Å². The summed E-state index contributed by atoms with van der Waals surface area (Å²) in [6.07, 6.45) is 0.473. The minimum atomic E-state index is -4.31. The fourth-order valence-corrected chi connectivity index (χ4v) is 3.71. The van der Waals surface area contributed by atoms with Crippen LogP contribution in [0.2, 0.25) is 5.02 Å². The molecule has 0 bridgehead atoms. The van der Waals surface area contributed by atoms with Crippen LogP contribution in [0.5, 0.6) is 0 Å². The van der Waals surface area contributed by atoms with E-state index in [0.717, 1.165) is 16.7 Å². The zero-order valence-electron chi connectivity index (χ0n) is 11.2. The first kappa shape index (κ1) is 14.6. The first-order valence-electron chi connectivity index (χ1n) is 5.35. The van der Waals surface area contributed by atoms with Crippen LogP contribution in [0.15, 0.2) is 41.3 Å². The normalized spacial score (nSPS) is 12.5. The molecule has 0 saturated heterocycles. The molecule has 1 N–H and O–H groups in total. The summed E-state index contributed by atoms with van der Waals surface area (Å²) in [6.45, 7) is 0. The SMILES string of the molecule is O=S(=O)(O)c1c(Cl)ccc2c1Cc1ccccc1-2.[H-].[Li+]. The van der Waals surface area contributed by atoms with Crippen molar-refractivity contribution in [3.05, 3.63) is 52.5 Å². The summed E-state index contributed by atoms with van der Waals surface area (Å²) in [5.41, 5.74) is 3.43. The Labute approximate surface area is 130 Å². The molecule has 0 radical (unpaired) electrons. The molecule has 0 fully saturated rings. The summed E-state index contributed by atoms with van der Waals surface area (Å²) in [6, 6.07) is 11.0. The monoisotopic (exact) mass is 288 g/mol. The first-order valence-corrected chi connectivity index (χ1v) is 7.17. The van der Waals surface area contributed by atoms with Crippen LogP contribution < -0.4 is 18.9 Å². The van der Waals surface area contributed by atoms with E-state index in [2.05, 4.69) is 0 Å². The second-order valence-electron chi connectivity index (χ2n) is 4.21. The van der Waals surface area contributed by atoms with Gasteiger partial charge in [-0.2, -0.15) is 8.42 Å². The van der Waals surface area contributed by atoms with Crippen molar-refractivity contribution in [2.24, 2.45) is 0 Å². The Bertz CT molecular complexity index is 762. The van der Waals surface area contributed by atoms with Crippen molar-refractivity contribution in [2.45, 2.75) is 11.3 Å². The summed E-state index contributed by atoms with van der Waals surface area (Å²) in [4.78, 5) is -0.169. The molecule has 1 aliphatic rings. The minimum Gasteiger partial charge on any atom is -1.00 e. The molecule has 94 valence electrons. The molecule has 0 aromatic heterocycles. The topological polar surface area (TPSA) is 54.4 Å².